The third kappa shape index (κ3) is 0.947. The fraction of sp³-hybridized carbons (Fsp3) is 1.00. The monoisotopic (exact) mass is 152 g/mol. The third-order valence-electron chi connectivity index (χ3n) is 4.11. The average molecular weight is 152 g/mol. The summed E-state index contributed by atoms with van der Waals surface area (Å²) in [7, 11) is 0. The van der Waals surface area contributed by atoms with E-state index >= 15 is 0 Å². The van der Waals surface area contributed by atoms with E-state index in [1.807, 2.05) is 0 Å². The van der Waals surface area contributed by atoms with E-state index in [0.717, 1.165) is 23.2 Å². The molecule has 0 aromatic carbocycles. The maximum atomic E-state index is 2.42. The first-order valence-electron chi connectivity index (χ1n) is 5.21. The fourth-order valence-electron chi connectivity index (χ4n) is 3.19. The number of rotatable bonds is 3. The lowest BCUT2D eigenvalue weighted by atomic mass is 9.84. The van der Waals surface area contributed by atoms with Crippen LogP contribution < -0.4 is 0 Å². The second-order valence-corrected chi connectivity index (χ2v) is 4.85. The zero-order chi connectivity index (χ0) is 8.06. The molecule has 0 amide bonds. The second kappa shape index (κ2) is 2.24. The van der Waals surface area contributed by atoms with Gasteiger partial charge in [0.25, 0.3) is 0 Å². The van der Waals surface area contributed by atoms with Gasteiger partial charge in [-0.3, -0.25) is 0 Å². The Morgan fingerprint density at radius 2 is 2.00 bits per heavy atom. The van der Waals surface area contributed by atoms with Crippen molar-refractivity contribution in [2.75, 3.05) is 0 Å². The fourth-order valence-corrected chi connectivity index (χ4v) is 3.19. The summed E-state index contributed by atoms with van der Waals surface area (Å²) in [6.45, 7) is 7.21. The van der Waals surface area contributed by atoms with Crippen LogP contribution in [0.3, 0.4) is 0 Å². The first-order chi connectivity index (χ1) is 5.21. The zero-order valence-electron chi connectivity index (χ0n) is 8.06. The smallest absolute Gasteiger partial charge is 0.0215 e. The van der Waals surface area contributed by atoms with Gasteiger partial charge in [0.05, 0.1) is 0 Å². The highest BCUT2D eigenvalue weighted by atomic mass is 14.7. The molecule has 0 saturated heterocycles. The predicted molar refractivity (Wildman–Crippen MR) is 48.4 cm³/mol. The van der Waals surface area contributed by atoms with Gasteiger partial charge in [0, 0.05) is 0 Å². The van der Waals surface area contributed by atoms with E-state index in [1.54, 1.807) is 6.42 Å². The van der Waals surface area contributed by atoms with Crippen LogP contribution in [-0.4, -0.2) is 0 Å². The molecule has 2 atom stereocenters. The Morgan fingerprint density at radius 3 is 2.27 bits per heavy atom. The van der Waals surface area contributed by atoms with Crippen molar-refractivity contribution < 1.29 is 0 Å². The molecule has 0 nitrogen and oxygen atoms in total. The summed E-state index contributed by atoms with van der Waals surface area (Å²) in [5.41, 5.74) is 0.828. The van der Waals surface area contributed by atoms with Crippen molar-refractivity contribution in [2.45, 2.75) is 46.5 Å². The molecule has 11 heavy (non-hydrogen) atoms. The molecular formula is C11H20. The predicted octanol–water partition coefficient (Wildman–Crippen LogP) is 3.47. The zero-order valence-corrected chi connectivity index (χ0v) is 8.06. The minimum atomic E-state index is 0.828. The molecule has 0 heteroatoms. The van der Waals surface area contributed by atoms with Gasteiger partial charge in [-0.05, 0) is 42.4 Å². The van der Waals surface area contributed by atoms with E-state index in [2.05, 4.69) is 20.8 Å². The molecule has 2 aliphatic rings. The van der Waals surface area contributed by atoms with E-state index in [9.17, 15) is 0 Å². The molecule has 0 aromatic rings. The molecule has 0 N–H and O–H groups in total. The molecule has 0 bridgehead atoms. The van der Waals surface area contributed by atoms with Crippen molar-refractivity contribution in [3.8, 4) is 0 Å². The summed E-state index contributed by atoms with van der Waals surface area (Å²) in [5, 5.41) is 0. The van der Waals surface area contributed by atoms with Crippen LogP contribution in [0.25, 0.3) is 0 Å². The van der Waals surface area contributed by atoms with Gasteiger partial charge in [-0.15, -0.1) is 0 Å². The highest BCUT2D eigenvalue weighted by Gasteiger charge is 2.62. The van der Waals surface area contributed by atoms with E-state index in [1.165, 1.54) is 19.3 Å². The molecule has 0 spiro atoms. The van der Waals surface area contributed by atoms with Gasteiger partial charge in [-0.2, -0.15) is 0 Å². The first kappa shape index (κ1) is 7.64. The quantitative estimate of drug-likeness (QED) is 0.581. The summed E-state index contributed by atoms with van der Waals surface area (Å²) >= 11 is 0. The molecule has 0 heterocycles. The first-order valence-corrected chi connectivity index (χ1v) is 5.21. The molecule has 2 rings (SSSR count). The average Bonchev–Trinajstić information content (AvgIpc) is 2.82. The topological polar surface area (TPSA) is 0 Å². The molecule has 64 valence electrons. The van der Waals surface area contributed by atoms with Gasteiger partial charge < -0.3 is 0 Å². The van der Waals surface area contributed by atoms with Crippen molar-refractivity contribution in [1.29, 1.82) is 0 Å². The van der Waals surface area contributed by atoms with Crippen molar-refractivity contribution in [3.05, 3.63) is 0 Å². The number of hydrogen-bond acceptors (Lipinski definition) is 0. The summed E-state index contributed by atoms with van der Waals surface area (Å²) in [4.78, 5) is 0. The van der Waals surface area contributed by atoms with E-state index in [4.69, 9.17) is 0 Å². The lowest BCUT2D eigenvalue weighted by Gasteiger charge is -2.20. The van der Waals surface area contributed by atoms with Gasteiger partial charge in [0.1, 0.15) is 0 Å². The normalized spacial score (nSPS) is 43.1. The van der Waals surface area contributed by atoms with Gasteiger partial charge >= 0.3 is 0 Å². The van der Waals surface area contributed by atoms with Crippen molar-refractivity contribution in [1.82, 2.24) is 0 Å². The molecule has 2 fully saturated rings. The van der Waals surface area contributed by atoms with Gasteiger partial charge in [0.2, 0.25) is 0 Å². The highest BCUT2D eigenvalue weighted by molar-refractivity contribution is 5.11. The van der Waals surface area contributed by atoms with E-state index < -0.39 is 0 Å². The lowest BCUT2D eigenvalue weighted by molar-refractivity contribution is 0.276. The summed E-state index contributed by atoms with van der Waals surface area (Å²) in [6, 6.07) is 0. The third-order valence-corrected chi connectivity index (χ3v) is 4.11. The van der Waals surface area contributed by atoms with Crippen LogP contribution in [0.15, 0.2) is 0 Å². The van der Waals surface area contributed by atoms with Gasteiger partial charge in [-0.1, -0.05) is 27.2 Å². The minimum absolute atomic E-state index is 0.828. The Bertz CT molecular complexity index is 151. The molecular weight excluding hydrogens is 132 g/mol. The van der Waals surface area contributed by atoms with Crippen LogP contribution in [0, 0.1) is 23.2 Å². The summed E-state index contributed by atoms with van der Waals surface area (Å²) < 4.78 is 0. The van der Waals surface area contributed by atoms with Crippen LogP contribution >= 0.6 is 0 Å². The van der Waals surface area contributed by atoms with Crippen LogP contribution in [0.5, 0.6) is 0 Å². The molecule has 0 aromatic heterocycles. The largest absolute Gasteiger partial charge is 0.0651 e. The Labute approximate surface area is 70.4 Å². The van der Waals surface area contributed by atoms with Gasteiger partial charge in [0.15, 0.2) is 0 Å². The molecule has 2 aliphatic carbocycles. The van der Waals surface area contributed by atoms with Crippen LogP contribution in [-0.2, 0) is 0 Å². The minimum Gasteiger partial charge on any atom is -0.0651 e. The molecule has 2 saturated carbocycles. The second-order valence-electron chi connectivity index (χ2n) is 4.85. The van der Waals surface area contributed by atoms with Crippen LogP contribution in [0.2, 0.25) is 0 Å². The van der Waals surface area contributed by atoms with Crippen molar-refractivity contribution in [2.24, 2.45) is 23.2 Å². The Kier molecular flexibility index (Phi) is 1.56. The van der Waals surface area contributed by atoms with E-state index in [0.29, 0.717) is 0 Å². The van der Waals surface area contributed by atoms with Crippen LogP contribution in [0.1, 0.15) is 46.5 Å². The van der Waals surface area contributed by atoms with Crippen molar-refractivity contribution >= 4 is 0 Å². The summed E-state index contributed by atoms with van der Waals surface area (Å²) in [5.74, 6) is 3.17. The van der Waals surface area contributed by atoms with Crippen molar-refractivity contribution in [3.63, 3.8) is 0 Å². The SMILES string of the molecule is CCC1CC1(C(C)C)C1CC1. The molecule has 0 radical (unpaired) electrons. The van der Waals surface area contributed by atoms with Crippen LogP contribution in [0.4, 0.5) is 0 Å². The Hall–Kier alpha value is 0. The molecule has 0 aliphatic heterocycles. The highest BCUT2D eigenvalue weighted by Crippen LogP contribution is 2.70. The lowest BCUT2D eigenvalue weighted by Crippen LogP contribution is -2.14. The Morgan fingerprint density at radius 1 is 1.36 bits per heavy atom. The summed E-state index contributed by atoms with van der Waals surface area (Å²) in [6.07, 6.45) is 6.05. The maximum Gasteiger partial charge on any atom is -0.0215 e. The standard InChI is InChI=1S/C11H20/c1-4-9-7-11(9,8(2)3)10-5-6-10/h8-10H,4-7H2,1-3H3. The number of hydrogen-bond donors (Lipinski definition) is 0. The van der Waals surface area contributed by atoms with E-state index in [-0.39, 0.29) is 0 Å². The van der Waals surface area contributed by atoms with Gasteiger partial charge in [-0.25, -0.2) is 0 Å². The molecule has 2 unspecified atom stereocenters. The Balaban J connectivity index is 2.05. The maximum absolute atomic E-state index is 2.42.